The third-order valence-corrected chi connectivity index (χ3v) is 4.10. The second kappa shape index (κ2) is 15.4. The summed E-state index contributed by atoms with van der Waals surface area (Å²) in [6.45, 7) is 9.72. The van der Waals surface area contributed by atoms with E-state index in [1.807, 2.05) is 0 Å². The Kier molecular flexibility index (Phi) is 15.0. The van der Waals surface area contributed by atoms with Gasteiger partial charge in [0.05, 0.1) is 6.61 Å². The molecule has 0 spiro atoms. The minimum absolute atomic E-state index is 0.00404. The maximum atomic E-state index is 11.6. The zero-order valence-electron chi connectivity index (χ0n) is 15.7. The van der Waals surface area contributed by atoms with Gasteiger partial charge in [0.25, 0.3) is 0 Å². The molecule has 0 aromatic heterocycles. The van der Waals surface area contributed by atoms with E-state index in [1.165, 1.54) is 57.8 Å². The summed E-state index contributed by atoms with van der Waals surface area (Å²) in [5, 5.41) is 0. The van der Waals surface area contributed by atoms with E-state index in [9.17, 15) is 4.79 Å². The Morgan fingerprint density at radius 2 is 1.14 bits per heavy atom. The van der Waals surface area contributed by atoms with Crippen molar-refractivity contribution in [3.8, 4) is 0 Å². The fourth-order valence-electron chi connectivity index (χ4n) is 2.62. The van der Waals surface area contributed by atoms with Gasteiger partial charge in [0.15, 0.2) is 0 Å². The Morgan fingerprint density at radius 1 is 0.682 bits per heavy atom. The van der Waals surface area contributed by atoms with E-state index in [-0.39, 0.29) is 5.97 Å². The van der Waals surface area contributed by atoms with Crippen molar-refractivity contribution in [2.75, 3.05) is 6.61 Å². The van der Waals surface area contributed by atoms with Crippen LogP contribution >= 0.6 is 0 Å². The largest absolute Gasteiger partial charge is 0.466 e. The second-order valence-electron chi connectivity index (χ2n) is 7.52. The number of rotatable bonds is 15. The standard InChI is InChI=1S/C20H40O2/c1-18(2)14-10-6-5-7-12-16-20(21)22-17-13-9-8-11-15-19(3)4/h18-19H,5-17H2,1-4H3. The molecule has 0 heterocycles. The van der Waals surface area contributed by atoms with E-state index >= 15 is 0 Å². The van der Waals surface area contributed by atoms with Crippen molar-refractivity contribution in [1.82, 2.24) is 0 Å². The molecule has 0 unspecified atom stereocenters. The average Bonchev–Trinajstić information content (AvgIpc) is 2.44. The van der Waals surface area contributed by atoms with Crippen LogP contribution in [-0.2, 0) is 9.53 Å². The molecule has 0 N–H and O–H groups in total. The highest BCUT2D eigenvalue weighted by molar-refractivity contribution is 5.69. The number of esters is 1. The lowest BCUT2D eigenvalue weighted by molar-refractivity contribution is -0.143. The molecule has 2 nitrogen and oxygen atoms in total. The molecule has 0 aliphatic rings. The molecule has 0 atom stereocenters. The molecule has 0 aliphatic heterocycles. The number of hydrogen-bond acceptors (Lipinski definition) is 2. The lowest BCUT2D eigenvalue weighted by Crippen LogP contribution is -2.05. The zero-order valence-corrected chi connectivity index (χ0v) is 15.7. The van der Waals surface area contributed by atoms with E-state index in [0.717, 1.165) is 24.7 Å². The fraction of sp³-hybridized carbons (Fsp3) is 0.950. The SMILES string of the molecule is CC(C)CCCCCCCC(=O)OCCCCCCC(C)C. The Morgan fingerprint density at radius 3 is 1.68 bits per heavy atom. The number of unbranched alkanes of at least 4 members (excludes halogenated alkanes) is 7. The Balaban J connectivity index is 3.20. The smallest absolute Gasteiger partial charge is 0.305 e. The Labute approximate surface area is 139 Å². The highest BCUT2D eigenvalue weighted by Gasteiger charge is 2.03. The summed E-state index contributed by atoms with van der Waals surface area (Å²) < 4.78 is 5.29. The van der Waals surface area contributed by atoms with Gasteiger partial charge in [-0.05, 0) is 24.7 Å². The van der Waals surface area contributed by atoms with Crippen LogP contribution in [-0.4, -0.2) is 12.6 Å². The number of hydrogen-bond donors (Lipinski definition) is 0. The van der Waals surface area contributed by atoms with Crippen molar-refractivity contribution in [2.24, 2.45) is 11.8 Å². The van der Waals surface area contributed by atoms with Gasteiger partial charge in [-0.3, -0.25) is 4.79 Å². The molecule has 0 rings (SSSR count). The quantitative estimate of drug-likeness (QED) is 0.254. The van der Waals surface area contributed by atoms with Gasteiger partial charge in [-0.2, -0.15) is 0 Å². The molecule has 0 aromatic rings. The molecule has 0 aliphatic carbocycles. The fourth-order valence-corrected chi connectivity index (χ4v) is 2.62. The van der Waals surface area contributed by atoms with Crippen LogP contribution in [0.1, 0.15) is 105 Å². The molecule has 0 saturated carbocycles. The molecule has 0 bridgehead atoms. The van der Waals surface area contributed by atoms with Gasteiger partial charge >= 0.3 is 5.97 Å². The van der Waals surface area contributed by atoms with Gasteiger partial charge in [0.1, 0.15) is 0 Å². The van der Waals surface area contributed by atoms with Gasteiger partial charge in [-0.25, -0.2) is 0 Å². The lowest BCUT2D eigenvalue weighted by atomic mass is 10.0. The van der Waals surface area contributed by atoms with Crippen LogP contribution in [0, 0.1) is 11.8 Å². The summed E-state index contributed by atoms with van der Waals surface area (Å²) in [6, 6.07) is 0. The predicted octanol–water partition coefficient (Wildman–Crippen LogP) is 6.52. The van der Waals surface area contributed by atoms with Gasteiger partial charge in [-0.1, -0.05) is 85.5 Å². The maximum Gasteiger partial charge on any atom is 0.305 e. The van der Waals surface area contributed by atoms with Gasteiger partial charge in [-0.15, -0.1) is 0 Å². The van der Waals surface area contributed by atoms with Crippen LogP contribution in [0.15, 0.2) is 0 Å². The van der Waals surface area contributed by atoms with Crippen molar-refractivity contribution < 1.29 is 9.53 Å². The number of carbonyl (C=O) groups is 1. The zero-order chi connectivity index (χ0) is 16.6. The summed E-state index contributed by atoms with van der Waals surface area (Å²) in [5.74, 6) is 1.63. The predicted molar refractivity (Wildman–Crippen MR) is 96.0 cm³/mol. The summed E-state index contributed by atoms with van der Waals surface area (Å²) in [5.41, 5.74) is 0. The first kappa shape index (κ1) is 21.5. The van der Waals surface area contributed by atoms with E-state index in [1.54, 1.807) is 0 Å². The summed E-state index contributed by atoms with van der Waals surface area (Å²) in [7, 11) is 0. The maximum absolute atomic E-state index is 11.6. The van der Waals surface area contributed by atoms with Gasteiger partial charge in [0, 0.05) is 6.42 Å². The molecule has 0 aromatic carbocycles. The Hall–Kier alpha value is -0.530. The van der Waals surface area contributed by atoms with Crippen molar-refractivity contribution in [1.29, 1.82) is 0 Å². The Bertz CT molecular complexity index is 222. The van der Waals surface area contributed by atoms with Gasteiger partial charge < -0.3 is 4.74 Å². The van der Waals surface area contributed by atoms with Crippen LogP contribution in [0.4, 0.5) is 0 Å². The van der Waals surface area contributed by atoms with Crippen molar-refractivity contribution in [3.05, 3.63) is 0 Å². The molecule has 0 fully saturated rings. The molecular weight excluding hydrogens is 272 g/mol. The third-order valence-electron chi connectivity index (χ3n) is 4.10. The van der Waals surface area contributed by atoms with Crippen molar-refractivity contribution in [3.63, 3.8) is 0 Å². The minimum atomic E-state index is 0.00404. The van der Waals surface area contributed by atoms with E-state index in [0.29, 0.717) is 13.0 Å². The minimum Gasteiger partial charge on any atom is -0.466 e. The van der Waals surface area contributed by atoms with Crippen molar-refractivity contribution >= 4 is 5.97 Å². The summed E-state index contributed by atoms with van der Waals surface area (Å²) >= 11 is 0. The van der Waals surface area contributed by atoms with Crippen LogP contribution in [0.3, 0.4) is 0 Å². The third kappa shape index (κ3) is 17.5. The lowest BCUT2D eigenvalue weighted by Gasteiger charge is -2.06. The first-order valence-electron chi connectivity index (χ1n) is 9.68. The molecule has 0 saturated heterocycles. The average molecular weight is 313 g/mol. The summed E-state index contributed by atoms with van der Waals surface area (Å²) in [6.07, 6.45) is 14.1. The molecule has 0 amide bonds. The van der Waals surface area contributed by atoms with Crippen LogP contribution in [0.5, 0.6) is 0 Å². The normalized spacial score (nSPS) is 11.4. The van der Waals surface area contributed by atoms with E-state index in [2.05, 4.69) is 27.7 Å². The summed E-state index contributed by atoms with van der Waals surface area (Å²) in [4.78, 5) is 11.6. The second-order valence-corrected chi connectivity index (χ2v) is 7.52. The monoisotopic (exact) mass is 312 g/mol. The highest BCUT2D eigenvalue weighted by atomic mass is 16.5. The van der Waals surface area contributed by atoms with Crippen molar-refractivity contribution in [2.45, 2.75) is 105 Å². The molecular formula is C20H40O2. The molecule has 132 valence electrons. The highest BCUT2D eigenvalue weighted by Crippen LogP contribution is 2.12. The molecule has 2 heteroatoms. The van der Waals surface area contributed by atoms with Gasteiger partial charge in [0.2, 0.25) is 0 Å². The van der Waals surface area contributed by atoms with E-state index in [4.69, 9.17) is 4.74 Å². The van der Waals surface area contributed by atoms with Crippen LogP contribution in [0.25, 0.3) is 0 Å². The first-order chi connectivity index (χ1) is 10.5. The van der Waals surface area contributed by atoms with Crippen LogP contribution < -0.4 is 0 Å². The first-order valence-corrected chi connectivity index (χ1v) is 9.68. The molecule has 22 heavy (non-hydrogen) atoms. The molecule has 0 radical (unpaired) electrons. The topological polar surface area (TPSA) is 26.3 Å². The van der Waals surface area contributed by atoms with Crippen LogP contribution in [0.2, 0.25) is 0 Å². The van der Waals surface area contributed by atoms with E-state index < -0.39 is 0 Å². The number of ether oxygens (including phenoxy) is 1. The number of carbonyl (C=O) groups excluding carboxylic acids is 1.